The van der Waals surface area contributed by atoms with Crippen LogP contribution in [0.4, 0.5) is 5.69 Å². The highest BCUT2D eigenvalue weighted by molar-refractivity contribution is 5.98. The Labute approximate surface area is 110 Å². The summed E-state index contributed by atoms with van der Waals surface area (Å²) in [7, 11) is 4.43. The van der Waals surface area contributed by atoms with Gasteiger partial charge >= 0.3 is 0 Å². The van der Waals surface area contributed by atoms with Crippen LogP contribution in [0.2, 0.25) is 0 Å². The summed E-state index contributed by atoms with van der Waals surface area (Å²) in [6.07, 6.45) is 0. The van der Waals surface area contributed by atoms with Crippen LogP contribution in [0.3, 0.4) is 0 Å². The van der Waals surface area contributed by atoms with Gasteiger partial charge in [0.25, 0.3) is 11.6 Å². The van der Waals surface area contributed by atoms with Gasteiger partial charge in [0.15, 0.2) is 11.5 Å². The van der Waals surface area contributed by atoms with Crippen LogP contribution >= 0.6 is 0 Å². The minimum Gasteiger partial charge on any atom is -0.493 e. The summed E-state index contributed by atoms with van der Waals surface area (Å²) in [5.41, 5.74) is -0.335. The highest BCUT2D eigenvalue weighted by Gasteiger charge is 2.25. The molecule has 0 saturated heterocycles. The minimum absolute atomic E-state index is 0.0285. The molecule has 0 unspecified atom stereocenters. The van der Waals surface area contributed by atoms with Crippen molar-refractivity contribution in [2.24, 2.45) is 0 Å². The van der Waals surface area contributed by atoms with Gasteiger partial charge in [-0.1, -0.05) is 0 Å². The first-order chi connectivity index (χ1) is 8.92. The minimum atomic E-state index is -0.616. The van der Waals surface area contributed by atoms with Crippen molar-refractivity contribution in [3.63, 3.8) is 0 Å². The molecule has 0 atom stereocenters. The lowest BCUT2D eigenvalue weighted by molar-refractivity contribution is -0.385. The second kappa shape index (κ2) is 6.03. The van der Waals surface area contributed by atoms with Crippen LogP contribution < -0.4 is 9.47 Å². The fourth-order valence-electron chi connectivity index (χ4n) is 1.54. The lowest BCUT2D eigenvalue weighted by Crippen LogP contribution is -2.22. The van der Waals surface area contributed by atoms with E-state index in [9.17, 15) is 14.9 Å². The number of hydrogen-bond donors (Lipinski definition) is 0. The van der Waals surface area contributed by atoms with E-state index in [2.05, 4.69) is 0 Å². The molecule has 1 aromatic carbocycles. The molecule has 104 valence electrons. The normalized spacial score (nSPS) is 9.89. The molecule has 0 heterocycles. The first-order valence-electron chi connectivity index (χ1n) is 5.63. The van der Waals surface area contributed by atoms with Crippen molar-refractivity contribution in [3.8, 4) is 11.5 Å². The van der Waals surface area contributed by atoms with Crippen molar-refractivity contribution in [1.29, 1.82) is 0 Å². The number of methoxy groups -OCH3 is 1. The summed E-state index contributed by atoms with van der Waals surface area (Å²) in [6.45, 7) is 2.14. The third-order valence-electron chi connectivity index (χ3n) is 2.42. The highest BCUT2D eigenvalue weighted by Crippen LogP contribution is 2.35. The van der Waals surface area contributed by atoms with Crippen molar-refractivity contribution in [2.45, 2.75) is 6.92 Å². The van der Waals surface area contributed by atoms with Gasteiger partial charge in [0.1, 0.15) is 5.56 Å². The topological polar surface area (TPSA) is 81.9 Å². The molecule has 1 aromatic rings. The predicted octanol–water partition coefficient (Wildman–Crippen LogP) is 1.70. The van der Waals surface area contributed by atoms with Crippen molar-refractivity contribution in [1.82, 2.24) is 4.90 Å². The van der Waals surface area contributed by atoms with E-state index in [4.69, 9.17) is 9.47 Å². The molecule has 0 aromatic heterocycles. The maximum absolute atomic E-state index is 12.0. The molecule has 19 heavy (non-hydrogen) atoms. The maximum Gasteiger partial charge on any atom is 0.286 e. The maximum atomic E-state index is 12.0. The summed E-state index contributed by atoms with van der Waals surface area (Å²) in [5, 5.41) is 11.0. The van der Waals surface area contributed by atoms with Gasteiger partial charge in [-0.05, 0) is 6.92 Å². The van der Waals surface area contributed by atoms with E-state index in [-0.39, 0.29) is 17.0 Å². The molecule has 0 aliphatic carbocycles. The molecular formula is C12H16N2O5. The van der Waals surface area contributed by atoms with E-state index in [0.29, 0.717) is 12.4 Å². The average molecular weight is 268 g/mol. The van der Waals surface area contributed by atoms with Crippen LogP contribution in [-0.4, -0.2) is 43.5 Å². The second-order valence-corrected chi connectivity index (χ2v) is 3.91. The van der Waals surface area contributed by atoms with Gasteiger partial charge in [0.05, 0.1) is 24.7 Å². The second-order valence-electron chi connectivity index (χ2n) is 3.91. The molecule has 0 N–H and O–H groups in total. The molecule has 0 spiro atoms. The molecule has 1 amide bonds. The number of benzene rings is 1. The smallest absolute Gasteiger partial charge is 0.286 e. The largest absolute Gasteiger partial charge is 0.493 e. The number of ether oxygens (including phenoxy) is 2. The molecule has 0 saturated carbocycles. The number of rotatable bonds is 5. The van der Waals surface area contributed by atoms with Gasteiger partial charge in [-0.3, -0.25) is 14.9 Å². The summed E-state index contributed by atoms with van der Waals surface area (Å²) < 4.78 is 10.3. The molecule has 0 radical (unpaired) electrons. The quantitative estimate of drug-likeness (QED) is 0.599. The van der Waals surface area contributed by atoms with Gasteiger partial charge in [0, 0.05) is 20.2 Å². The van der Waals surface area contributed by atoms with Gasteiger partial charge in [-0.2, -0.15) is 0 Å². The van der Waals surface area contributed by atoms with Crippen LogP contribution in [0.25, 0.3) is 0 Å². The van der Waals surface area contributed by atoms with E-state index < -0.39 is 10.8 Å². The molecule has 0 aliphatic rings. The number of nitro benzene ring substituents is 1. The molecule has 0 fully saturated rings. The van der Waals surface area contributed by atoms with Gasteiger partial charge < -0.3 is 14.4 Å². The standard InChI is InChI=1S/C12H16N2O5/c1-5-19-11-6-8(12(15)13(2)3)9(14(16)17)7-10(11)18-4/h6-7H,5H2,1-4H3. The Bertz CT molecular complexity index is 499. The van der Waals surface area contributed by atoms with E-state index >= 15 is 0 Å². The average Bonchev–Trinajstić information content (AvgIpc) is 2.37. The zero-order valence-electron chi connectivity index (χ0n) is 11.3. The molecular weight excluding hydrogens is 252 g/mol. The Hall–Kier alpha value is -2.31. The zero-order valence-corrected chi connectivity index (χ0v) is 11.3. The van der Waals surface area contributed by atoms with Crippen LogP contribution in [0.1, 0.15) is 17.3 Å². The molecule has 0 bridgehead atoms. The van der Waals surface area contributed by atoms with Gasteiger partial charge in [-0.15, -0.1) is 0 Å². The van der Waals surface area contributed by atoms with Crippen molar-refractivity contribution >= 4 is 11.6 Å². The Morgan fingerprint density at radius 1 is 1.37 bits per heavy atom. The Kier molecular flexibility index (Phi) is 4.68. The SMILES string of the molecule is CCOc1cc(C(=O)N(C)C)c([N+](=O)[O-])cc1OC. The molecule has 7 heteroatoms. The summed E-state index contributed by atoms with van der Waals surface area (Å²) in [6, 6.07) is 2.53. The van der Waals surface area contributed by atoms with E-state index in [1.807, 2.05) is 0 Å². The van der Waals surface area contributed by atoms with Crippen LogP contribution in [0, 0.1) is 10.1 Å². The summed E-state index contributed by atoms with van der Waals surface area (Å²) in [5.74, 6) is 0.0694. The Morgan fingerprint density at radius 3 is 2.42 bits per heavy atom. The molecule has 1 rings (SSSR count). The fraction of sp³-hybridized carbons (Fsp3) is 0.417. The number of nitrogens with zero attached hydrogens (tertiary/aromatic N) is 2. The number of nitro groups is 1. The van der Waals surface area contributed by atoms with Crippen LogP contribution in [0.15, 0.2) is 12.1 Å². The lowest BCUT2D eigenvalue weighted by atomic mass is 10.1. The zero-order chi connectivity index (χ0) is 14.6. The Balaban J connectivity index is 3.45. The van der Waals surface area contributed by atoms with E-state index in [0.717, 1.165) is 0 Å². The first-order valence-corrected chi connectivity index (χ1v) is 5.63. The van der Waals surface area contributed by atoms with Crippen molar-refractivity contribution in [3.05, 3.63) is 27.8 Å². The lowest BCUT2D eigenvalue weighted by Gasteiger charge is -2.14. The van der Waals surface area contributed by atoms with Crippen molar-refractivity contribution in [2.75, 3.05) is 27.8 Å². The number of amides is 1. The van der Waals surface area contributed by atoms with Crippen LogP contribution in [-0.2, 0) is 0 Å². The molecule has 7 nitrogen and oxygen atoms in total. The number of carbonyl (C=O) groups excluding carboxylic acids is 1. The fourth-order valence-corrected chi connectivity index (χ4v) is 1.54. The number of hydrogen-bond acceptors (Lipinski definition) is 5. The third kappa shape index (κ3) is 3.12. The van der Waals surface area contributed by atoms with E-state index in [1.165, 1.54) is 38.2 Å². The molecule has 0 aliphatic heterocycles. The third-order valence-corrected chi connectivity index (χ3v) is 2.42. The van der Waals surface area contributed by atoms with Gasteiger partial charge in [-0.25, -0.2) is 0 Å². The highest BCUT2D eigenvalue weighted by atomic mass is 16.6. The van der Waals surface area contributed by atoms with Gasteiger partial charge in [0.2, 0.25) is 0 Å². The number of carbonyl (C=O) groups is 1. The summed E-state index contributed by atoms with van der Waals surface area (Å²) >= 11 is 0. The predicted molar refractivity (Wildman–Crippen MR) is 68.8 cm³/mol. The first kappa shape index (κ1) is 14.7. The Morgan fingerprint density at radius 2 is 2.00 bits per heavy atom. The van der Waals surface area contributed by atoms with Crippen molar-refractivity contribution < 1.29 is 19.2 Å². The summed E-state index contributed by atoms with van der Waals surface area (Å²) in [4.78, 5) is 23.6. The monoisotopic (exact) mass is 268 g/mol. The van der Waals surface area contributed by atoms with Crippen LogP contribution in [0.5, 0.6) is 11.5 Å². The van der Waals surface area contributed by atoms with E-state index in [1.54, 1.807) is 6.92 Å².